The highest BCUT2D eigenvalue weighted by atomic mass is 35.5. The molecule has 0 amide bonds. The second-order valence-corrected chi connectivity index (χ2v) is 4.08. The monoisotopic (exact) mass is 272 g/mol. The lowest BCUT2D eigenvalue weighted by Gasteiger charge is -2.10. The lowest BCUT2D eigenvalue weighted by molar-refractivity contribution is 0.762. The van der Waals surface area contributed by atoms with Gasteiger partial charge in [0.1, 0.15) is 5.15 Å². The summed E-state index contributed by atoms with van der Waals surface area (Å²) >= 11 is 11.9. The Labute approximate surface area is 111 Å². The van der Waals surface area contributed by atoms with Gasteiger partial charge in [-0.1, -0.05) is 29.1 Å². The van der Waals surface area contributed by atoms with E-state index in [1.54, 1.807) is 7.05 Å². The normalized spacial score (nSPS) is 11.1. The van der Waals surface area contributed by atoms with Crippen molar-refractivity contribution in [3.63, 3.8) is 0 Å². The third kappa shape index (κ3) is 3.58. The van der Waals surface area contributed by atoms with E-state index in [1.807, 2.05) is 17.7 Å². The van der Waals surface area contributed by atoms with Crippen LogP contribution >= 0.6 is 23.2 Å². The Morgan fingerprint density at radius 1 is 1.53 bits per heavy atom. The smallest absolute Gasteiger partial charge is 0.192 e. The number of aliphatic imine (C=N–C) groups is 1. The summed E-state index contributed by atoms with van der Waals surface area (Å²) in [4.78, 5) is 4.02. The molecule has 6 heteroatoms. The Kier molecular flexibility index (Phi) is 5.20. The highest BCUT2D eigenvalue weighted by Crippen LogP contribution is 2.24. The fraction of sp³-hybridized carbons (Fsp3) is 0.364. The van der Waals surface area contributed by atoms with Crippen LogP contribution in [0.5, 0.6) is 0 Å². The van der Waals surface area contributed by atoms with E-state index in [2.05, 4.69) is 21.5 Å². The molecule has 17 heavy (non-hydrogen) atoms. The van der Waals surface area contributed by atoms with E-state index < -0.39 is 0 Å². The predicted molar refractivity (Wildman–Crippen MR) is 72.5 cm³/mol. The molecule has 2 N–H and O–H groups in total. The molecule has 1 heterocycles. The molecule has 92 valence electrons. The molecule has 0 aliphatic carbocycles. The van der Waals surface area contributed by atoms with E-state index >= 15 is 0 Å². The third-order valence-electron chi connectivity index (χ3n) is 2.23. The van der Waals surface area contributed by atoms with Crippen molar-refractivity contribution in [1.82, 2.24) is 15.2 Å². The number of guanidine groups is 1. The molecule has 0 bridgehead atoms. The highest BCUT2D eigenvalue weighted by Gasteiger charge is 2.08. The van der Waals surface area contributed by atoms with Crippen LogP contribution < -0.4 is 10.6 Å². The lowest BCUT2D eigenvalue weighted by atomic mass is 10.4. The highest BCUT2D eigenvalue weighted by molar-refractivity contribution is 6.41. The van der Waals surface area contributed by atoms with Gasteiger partial charge in [-0.3, -0.25) is 4.99 Å². The minimum absolute atomic E-state index is 0.425. The average Bonchev–Trinajstić information content (AvgIpc) is 2.57. The molecule has 4 nitrogen and oxygen atoms in total. The summed E-state index contributed by atoms with van der Waals surface area (Å²) in [5.41, 5.74) is 0.962. The number of hydrogen-bond donors (Lipinski definition) is 2. The first-order valence-corrected chi connectivity index (χ1v) is 5.73. The zero-order chi connectivity index (χ0) is 12.8. The van der Waals surface area contributed by atoms with Crippen molar-refractivity contribution in [2.75, 3.05) is 13.6 Å². The van der Waals surface area contributed by atoms with Crippen LogP contribution in [-0.4, -0.2) is 24.1 Å². The number of nitrogens with one attached hydrogen (secondary N) is 2. The van der Waals surface area contributed by atoms with E-state index in [0.29, 0.717) is 29.2 Å². The maximum Gasteiger partial charge on any atom is 0.192 e. The number of aromatic nitrogens is 1. The molecule has 0 spiro atoms. The van der Waals surface area contributed by atoms with Crippen molar-refractivity contribution in [3.05, 3.63) is 21.9 Å². The number of terminal acetylenes is 1. The van der Waals surface area contributed by atoms with Gasteiger partial charge in [-0.15, -0.1) is 6.42 Å². The van der Waals surface area contributed by atoms with Crippen molar-refractivity contribution in [2.24, 2.45) is 12.0 Å². The summed E-state index contributed by atoms with van der Waals surface area (Å²) in [6.45, 7) is 0.988. The Balaban J connectivity index is 2.61. The average molecular weight is 273 g/mol. The zero-order valence-electron chi connectivity index (χ0n) is 9.72. The fourth-order valence-corrected chi connectivity index (χ4v) is 1.70. The van der Waals surface area contributed by atoms with Crippen LogP contribution in [0.15, 0.2) is 11.1 Å². The molecular formula is C11H14Cl2N4. The van der Waals surface area contributed by atoms with Gasteiger partial charge in [0.2, 0.25) is 0 Å². The van der Waals surface area contributed by atoms with Crippen LogP contribution in [0.25, 0.3) is 0 Å². The summed E-state index contributed by atoms with van der Waals surface area (Å²) < 4.78 is 1.81. The largest absolute Gasteiger partial charge is 0.351 e. The molecule has 0 saturated carbocycles. The van der Waals surface area contributed by atoms with Crippen LogP contribution in [0.2, 0.25) is 10.2 Å². The van der Waals surface area contributed by atoms with Crippen molar-refractivity contribution in [3.8, 4) is 12.3 Å². The predicted octanol–water partition coefficient (Wildman–Crippen LogP) is 1.63. The summed E-state index contributed by atoms with van der Waals surface area (Å²) in [6, 6.07) is 1.81. The van der Waals surface area contributed by atoms with Crippen molar-refractivity contribution in [1.29, 1.82) is 0 Å². The first-order valence-electron chi connectivity index (χ1n) is 4.97. The summed E-state index contributed by atoms with van der Waals surface area (Å²) in [5.74, 6) is 3.11. The molecule has 1 aromatic heterocycles. The van der Waals surface area contributed by atoms with Crippen LogP contribution in [0.3, 0.4) is 0 Å². The molecular weight excluding hydrogens is 259 g/mol. The SMILES string of the molecule is C#CCNC(=NC)NCc1cc(Cl)c(Cl)n1C. The Hall–Kier alpha value is -1.31. The second-order valence-electron chi connectivity index (χ2n) is 3.32. The molecule has 1 aromatic rings. The molecule has 0 fully saturated rings. The van der Waals surface area contributed by atoms with E-state index in [4.69, 9.17) is 29.6 Å². The molecule has 0 aliphatic rings. The Morgan fingerprint density at radius 3 is 2.71 bits per heavy atom. The minimum Gasteiger partial charge on any atom is -0.351 e. The standard InChI is InChI=1S/C11H14Cl2N4/c1-4-5-15-11(14-2)16-7-8-6-9(12)10(13)17(8)3/h1,6H,5,7H2,2-3H3,(H2,14,15,16). The van der Waals surface area contributed by atoms with Crippen LogP contribution in [-0.2, 0) is 13.6 Å². The Morgan fingerprint density at radius 2 is 2.24 bits per heavy atom. The van der Waals surface area contributed by atoms with Crippen LogP contribution in [0.1, 0.15) is 5.69 Å². The van der Waals surface area contributed by atoms with Gasteiger partial charge in [0.05, 0.1) is 18.1 Å². The number of nitrogens with zero attached hydrogens (tertiary/aromatic N) is 2. The molecule has 0 saturated heterocycles. The molecule has 0 aliphatic heterocycles. The maximum absolute atomic E-state index is 5.96. The molecule has 1 rings (SSSR count). The first kappa shape index (κ1) is 13.8. The topological polar surface area (TPSA) is 41.4 Å². The number of halogens is 2. The molecule has 0 aromatic carbocycles. The quantitative estimate of drug-likeness (QED) is 0.499. The molecule has 0 unspecified atom stereocenters. The molecule has 0 atom stereocenters. The fourth-order valence-electron chi connectivity index (χ4n) is 1.29. The first-order chi connectivity index (χ1) is 8.10. The third-order valence-corrected chi connectivity index (χ3v) is 3.08. The van der Waals surface area contributed by atoms with Crippen LogP contribution in [0.4, 0.5) is 0 Å². The van der Waals surface area contributed by atoms with Gasteiger partial charge in [0.15, 0.2) is 5.96 Å². The van der Waals surface area contributed by atoms with Gasteiger partial charge in [-0.25, -0.2) is 0 Å². The van der Waals surface area contributed by atoms with Gasteiger partial charge >= 0.3 is 0 Å². The van der Waals surface area contributed by atoms with E-state index in [0.717, 1.165) is 5.69 Å². The van der Waals surface area contributed by atoms with Gasteiger partial charge in [0, 0.05) is 19.8 Å². The second kappa shape index (κ2) is 6.43. The van der Waals surface area contributed by atoms with Crippen molar-refractivity contribution >= 4 is 29.2 Å². The summed E-state index contributed by atoms with van der Waals surface area (Å²) in [6.07, 6.45) is 5.15. The van der Waals surface area contributed by atoms with Crippen molar-refractivity contribution < 1.29 is 0 Å². The van der Waals surface area contributed by atoms with E-state index in [9.17, 15) is 0 Å². The summed E-state index contributed by atoms with van der Waals surface area (Å²) in [5, 5.41) is 7.13. The number of rotatable bonds is 3. The van der Waals surface area contributed by atoms with E-state index in [-0.39, 0.29) is 0 Å². The number of hydrogen-bond acceptors (Lipinski definition) is 1. The summed E-state index contributed by atoms with van der Waals surface area (Å²) in [7, 11) is 3.53. The lowest BCUT2D eigenvalue weighted by Crippen LogP contribution is -2.37. The van der Waals surface area contributed by atoms with Crippen LogP contribution in [0, 0.1) is 12.3 Å². The zero-order valence-corrected chi connectivity index (χ0v) is 11.2. The van der Waals surface area contributed by atoms with E-state index in [1.165, 1.54) is 0 Å². The minimum atomic E-state index is 0.425. The Bertz CT molecular complexity index is 457. The van der Waals surface area contributed by atoms with Gasteiger partial charge in [0.25, 0.3) is 0 Å². The van der Waals surface area contributed by atoms with Gasteiger partial charge < -0.3 is 15.2 Å². The van der Waals surface area contributed by atoms with Gasteiger partial charge in [-0.2, -0.15) is 0 Å². The molecule has 0 radical (unpaired) electrons. The maximum atomic E-state index is 5.96. The van der Waals surface area contributed by atoms with Gasteiger partial charge in [-0.05, 0) is 6.07 Å². The van der Waals surface area contributed by atoms with Crippen molar-refractivity contribution in [2.45, 2.75) is 6.54 Å².